The number of thioether (sulfide) groups is 1. The number of carbonyl (C=O) groups is 1. The fourth-order valence-electron chi connectivity index (χ4n) is 2.88. The lowest BCUT2D eigenvalue weighted by Crippen LogP contribution is -2.15. The van der Waals surface area contributed by atoms with Gasteiger partial charge in [0.1, 0.15) is 11.6 Å². The molecule has 2 aromatic carbocycles. The molecule has 8 heteroatoms. The highest BCUT2D eigenvalue weighted by molar-refractivity contribution is 7.99. The van der Waals surface area contributed by atoms with E-state index in [9.17, 15) is 4.79 Å². The quantitative estimate of drug-likeness (QED) is 0.529. The van der Waals surface area contributed by atoms with Gasteiger partial charge in [0.25, 0.3) is 0 Å². The van der Waals surface area contributed by atoms with E-state index in [1.807, 2.05) is 54.8 Å². The molecule has 29 heavy (non-hydrogen) atoms. The standard InChI is InChI=1S/C21H23ClN4O2S/c1-4-26-19(12-15-5-8-17(28-3)9-6-15)24-25-21(26)29-13-20(27)23-18-10-7-16(22)11-14(18)2/h5-11H,4,12-13H2,1-3H3,(H,23,27). The molecule has 0 saturated carbocycles. The van der Waals surface area contributed by atoms with Crippen LogP contribution in [0.2, 0.25) is 5.02 Å². The molecule has 0 saturated heterocycles. The molecule has 3 aromatic rings. The number of methoxy groups -OCH3 is 1. The zero-order chi connectivity index (χ0) is 20.8. The van der Waals surface area contributed by atoms with E-state index in [-0.39, 0.29) is 11.7 Å². The monoisotopic (exact) mass is 430 g/mol. The Balaban J connectivity index is 1.62. The highest BCUT2D eigenvalue weighted by Gasteiger charge is 2.14. The molecule has 1 amide bonds. The van der Waals surface area contributed by atoms with Crippen molar-refractivity contribution in [3.8, 4) is 5.75 Å². The van der Waals surface area contributed by atoms with Gasteiger partial charge in [-0.05, 0) is 55.3 Å². The van der Waals surface area contributed by atoms with Crippen molar-refractivity contribution in [3.05, 3.63) is 64.4 Å². The molecule has 1 N–H and O–H groups in total. The van der Waals surface area contributed by atoms with Gasteiger partial charge in [-0.2, -0.15) is 0 Å². The Bertz CT molecular complexity index is 989. The lowest BCUT2D eigenvalue weighted by Gasteiger charge is -2.10. The molecule has 3 rings (SSSR count). The van der Waals surface area contributed by atoms with Crippen LogP contribution >= 0.6 is 23.4 Å². The third-order valence-corrected chi connectivity index (χ3v) is 5.63. The number of nitrogens with zero attached hydrogens (tertiary/aromatic N) is 3. The van der Waals surface area contributed by atoms with Gasteiger partial charge in [-0.25, -0.2) is 0 Å². The van der Waals surface area contributed by atoms with Crippen molar-refractivity contribution in [2.45, 2.75) is 32.0 Å². The van der Waals surface area contributed by atoms with Crippen LogP contribution in [0.3, 0.4) is 0 Å². The number of aryl methyl sites for hydroxylation is 1. The van der Waals surface area contributed by atoms with Gasteiger partial charge in [0.05, 0.1) is 12.9 Å². The van der Waals surface area contributed by atoms with E-state index < -0.39 is 0 Å². The van der Waals surface area contributed by atoms with Crippen molar-refractivity contribution in [3.63, 3.8) is 0 Å². The largest absolute Gasteiger partial charge is 0.497 e. The van der Waals surface area contributed by atoms with Crippen LogP contribution in [0.25, 0.3) is 0 Å². The van der Waals surface area contributed by atoms with Gasteiger partial charge in [0, 0.05) is 23.7 Å². The molecule has 6 nitrogen and oxygen atoms in total. The summed E-state index contributed by atoms with van der Waals surface area (Å²) in [6.45, 7) is 4.69. The van der Waals surface area contributed by atoms with Gasteiger partial charge < -0.3 is 14.6 Å². The molecular formula is C21H23ClN4O2S. The summed E-state index contributed by atoms with van der Waals surface area (Å²) in [5, 5.41) is 12.9. The van der Waals surface area contributed by atoms with E-state index >= 15 is 0 Å². The minimum atomic E-state index is -0.0946. The number of nitrogens with one attached hydrogen (secondary N) is 1. The number of hydrogen-bond acceptors (Lipinski definition) is 5. The van der Waals surface area contributed by atoms with Gasteiger partial charge in [0.15, 0.2) is 5.16 Å². The van der Waals surface area contributed by atoms with Crippen molar-refractivity contribution in [2.75, 3.05) is 18.2 Å². The molecule has 0 fully saturated rings. The van der Waals surface area contributed by atoms with Gasteiger partial charge >= 0.3 is 0 Å². The fourth-order valence-corrected chi connectivity index (χ4v) is 3.93. The number of carbonyl (C=O) groups excluding carboxylic acids is 1. The van der Waals surface area contributed by atoms with Crippen LogP contribution in [0.5, 0.6) is 5.75 Å². The Hall–Kier alpha value is -2.51. The van der Waals surface area contributed by atoms with E-state index in [4.69, 9.17) is 16.3 Å². The van der Waals surface area contributed by atoms with E-state index in [0.717, 1.165) is 40.1 Å². The normalized spacial score (nSPS) is 10.8. The number of hydrogen-bond donors (Lipinski definition) is 1. The van der Waals surface area contributed by atoms with E-state index in [2.05, 4.69) is 15.5 Å². The third-order valence-electron chi connectivity index (χ3n) is 4.43. The van der Waals surface area contributed by atoms with E-state index in [1.165, 1.54) is 11.8 Å². The summed E-state index contributed by atoms with van der Waals surface area (Å²) in [5.41, 5.74) is 2.81. The highest BCUT2D eigenvalue weighted by Crippen LogP contribution is 2.22. The molecule has 0 atom stereocenters. The minimum Gasteiger partial charge on any atom is -0.497 e. The second-order valence-corrected chi connectivity index (χ2v) is 7.84. The Kier molecular flexibility index (Phi) is 7.17. The lowest BCUT2D eigenvalue weighted by atomic mass is 10.1. The number of benzene rings is 2. The first-order valence-electron chi connectivity index (χ1n) is 9.24. The number of rotatable bonds is 8. The maximum Gasteiger partial charge on any atom is 0.234 e. The molecule has 0 radical (unpaired) electrons. The molecular weight excluding hydrogens is 408 g/mol. The number of amides is 1. The minimum absolute atomic E-state index is 0.0946. The smallest absolute Gasteiger partial charge is 0.234 e. The molecule has 0 aliphatic heterocycles. The Morgan fingerprint density at radius 2 is 1.97 bits per heavy atom. The van der Waals surface area contributed by atoms with Crippen LogP contribution in [0.1, 0.15) is 23.9 Å². The average Bonchev–Trinajstić information content (AvgIpc) is 3.10. The molecule has 0 unspecified atom stereocenters. The van der Waals surface area contributed by atoms with Crippen LogP contribution in [-0.2, 0) is 17.8 Å². The van der Waals surface area contributed by atoms with Gasteiger partial charge in [-0.15, -0.1) is 10.2 Å². The first-order chi connectivity index (χ1) is 14.0. The molecule has 0 spiro atoms. The van der Waals surface area contributed by atoms with Gasteiger partial charge in [-0.3, -0.25) is 4.79 Å². The van der Waals surface area contributed by atoms with Crippen molar-refractivity contribution in [1.82, 2.24) is 14.8 Å². The van der Waals surface area contributed by atoms with Crippen LogP contribution in [0, 0.1) is 6.92 Å². The number of halogens is 1. The van der Waals surface area contributed by atoms with Crippen LogP contribution in [-0.4, -0.2) is 33.5 Å². The lowest BCUT2D eigenvalue weighted by molar-refractivity contribution is -0.113. The fraction of sp³-hybridized carbons (Fsp3) is 0.286. The van der Waals surface area contributed by atoms with Crippen molar-refractivity contribution in [1.29, 1.82) is 0 Å². The maximum atomic E-state index is 12.3. The number of ether oxygens (including phenoxy) is 1. The maximum absolute atomic E-state index is 12.3. The van der Waals surface area contributed by atoms with Crippen LogP contribution < -0.4 is 10.1 Å². The summed E-state index contributed by atoms with van der Waals surface area (Å²) in [6.07, 6.45) is 0.668. The summed E-state index contributed by atoms with van der Waals surface area (Å²) < 4.78 is 7.23. The average molecular weight is 431 g/mol. The van der Waals surface area contributed by atoms with E-state index in [1.54, 1.807) is 13.2 Å². The summed E-state index contributed by atoms with van der Waals surface area (Å²) >= 11 is 7.34. The zero-order valence-electron chi connectivity index (χ0n) is 16.6. The number of aromatic nitrogens is 3. The Morgan fingerprint density at radius 1 is 1.21 bits per heavy atom. The summed E-state index contributed by atoms with van der Waals surface area (Å²) in [6, 6.07) is 13.3. The molecule has 152 valence electrons. The Morgan fingerprint density at radius 3 is 2.62 bits per heavy atom. The third kappa shape index (κ3) is 5.52. The molecule has 0 aliphatic rings. The number of anilines is 1. The summed E-state index contributed by atoms with van der Waals surface area (Å²) in [4.78, 5) is 12.3. The van der Waals surface area contributed by atoms with E-state index in [0.29, 0.717) is 11.4 Å². The SMILES string of the molecule is CCn1c(Cc2ccc(OC)cc2)nnc1SCC(=O)Nc1ccc(Cl)cc1C. The zero-order valence-corrected chi connectivity index (χ0v) is 18.2. The predicted octanol–water partition coefficient (Wildman–Crippen LogP) is 4.59. The van der Waals surface area contributed by atoms with Gasteiger partial charge in [0.2, 0.25) is 5.91 Å². The van der Waals surface area contributed by atoms with Gasteiger partial charge in [-0.1, -0.05) is 35.5 Å². The summed E-state index contributed by atoms with van der Waals surface area (Å²) in [5.74, 6) is 1.85. The van der Waals surface area contributed by atoms with Crippen molar-refractivity contribution >= 4 is 35.0 Å². The second kappa shape index (κ2) is 9.80. The van der Waals surface area contributed by atoms with Crippen LogP contribution in [0.15, 0.2) is 47.6 Å². The topological polar surface area (TPSA) is 69.0 Å². The molecule has 0 bridgehead atoms. The highest BCUT2D eigenvalue weighted by atomic mass is 35.5. The van der Waals surface area contributed by atoms with Crippen LogP contribution in [0.4, 0.5) is 5.69 Å². The Labute approximate surface area is 179 Å². The predicted molar refractivity (Wildman–Crippen MR) is 117 cm³/mol. The second-order valence-electron chi connectivity index (χ2n) is 6.46. The van der Waals surface area contributed by atoms with Crippen molar-refractivity contribution in [2.24, 2.45) is 0 Å². The molecule has 1 heterocycles. The van der Waals surface area contributed by atoms with Crippen molar-refractivity contribution < 1.29 is 9.53 Å². The summed E-state index contributed by atoms with van der Waals surface area (Å²) in [7, 11) is 1.65. The molecule has 1 aromatic heterocycles. The first-order valence-corrected chi connectivity index (χ1v) is 10.6. The molecule has 0 aliphatic carbocycles. The first kappa shape index (κ1) is 21.2.